The minimum Gasteiger partial charge on any atom is -0.480 e. The van der Waals surface area contributed by atoms with Crippen LogP contribution in [-0.2, 0) is 11.2 Å². The van der Waals surface area contributed by atoms with Gasteiger partial charge in [-0.1, -0.05) is 19.4 Å². The highest BCUT2D eigenvalue weighted by molar-refractivity contribution is 5.79. The van der Waals surface area contributed by atoms with E-state index >= 15 is 0 Å². The monoisotopic (exact) mass is 237 g/mol. The first-order valence-electron chi connectivity index (χ1n) is 5.91. The molecule has 0 radical (unpaired) electrons. The maximum atomic E-state index is 13.2. The van der Waals surface area contributed by atoms with E-state index in [9.17, 15) is 14.3 Å². The summed E-state index contributed by atoms with van der Waals surface area (Å²) in [5, 5.41) is 9.22. The summed E-state index contributed by atoms with van der Waals surface area (Å²) in [5.74, 6) is -1.14. The van der Waals surface area contributed by atoms with Crippen molar-refractivity contribution >= 4 is 11.7 Å². The van der Waals surface area contributed by atoms with Gasteiger partial charge in [-0.2, -0.15) is 0 Å². The second-order valence-electron chi connectivity index (χ2n) is 4.36. The van der Waals surface area contributed by atoms with Gasteiger partial charge in [0, 0.05) is 12.2 Å². The van der Waals surface area contributed by atoms with Crippen molar-refractivity contribution in [1.29, 1.82) is 0 Å². The van der Waals surface area contributed by atoms with Crippen molar-refractivity contribution in [1.82, 2.24) is 0 Å². The van der Waals surface area contributed by atoms with Crippen LogP contribution in [0.3, 0.4) is 0 Å². The van der Waals surface area contributed by atoms with Gasteiger partial charge in [-0.25, -0.2) is 9.18 Å². The SMILES string of the molecule is CCCC(C(=O)O)N1CCc2ccc(F)cc21. The van der Waals surface area contributed by atoms with Crippen LogP contribution < -0.4 is 4.90 Å². The topological polar surface area (TPSA) is 40.5 Å². The summed E-state index contributed by atoms with van der Waals surface area (Å²) < 4.78 is 13.2. The van der Waals surface area contributed by atoms with E-state index in [0.717, 1.165) is 24.1 Å². The first-order chi connectivity index (χ1) is 8.13. The van der Waals surface area contributed by atoms with E-state index < -0.39 is 12.0 Å². The van der Waals surface area contributed by atoms with E-state index in [-0.39, 0.29) is 5.82 Å². The largest absolute Gasteiger partial charge is 0.480 e. The van der Waals surface area contributed by atoms with Crippen molar-refractivity contribution in [2.75, 3.05) is 11.4 Å². The van der Waals surface area contributed by atoms with Gasteiger partial charge in [0.05, 0.1) is 0 Å². The molecule has 0 spiro atoms. The highest BCUT2D eigenvalue weighted by atomic mass is 19.1. The van der Waals surface area contributed by atoms with Crippen LogP contribution in [0.4, 0.5) is 10.1 Å². The van der Waals surface area contributed by atoms with Crippen LogP contribution in [0.1, 0.15) is 25.3 Å². The average molecular weight is 237 g/mol. The molecular formula is C13H16FNO2. The second-order valence-corrected chi connectivity index (χ2v) is 4.36. The Kier molecular flexibility index (Phi) is 3.31. The smallest absolute Gasteiger partial charge is 0.326 e. The number of anilines is 1. The number of nitrogens with zero attached hydrogens (tertiary/aromatic N) is 1. The van der Waals surface area contributed by atoms with Gasteiger partial charge in [0.1, 0.15) is 11.9 Å². The predicted molar refractivity (Wildman–Crippen MR) is 63.8 cm³/mol. The first-order valence-corrected chi connectivity index (χ1v) is 5.91. The Morgan fingerprint density at radius 2 is 2.35 bits per heavy atom. The number of rotatable bonds is 4. The maximum Gasteiger partial charge on any atom is 0.326 e. The molecule has 17 heavy (non-hydrogen) atoms. The summed E-state index contributed by atoms with van der Waals surface area (Å²) in [7, 11) is 0. The number of carbonyl (C=O) groups is 1. The molecule has 0 saturated carbocycles. The zero-order valence-electron chi connectivity index (χ0n) is 9.82. The van der Waals surface area contributed by atoms with Crippen LogP contribution in [0, 0.1) is 5.82 Å². The van der Waals surface area contributed by atoms with Crippen LogP contribution in [-0.4, -0.2) is 23.7 Å². The van der Waals surface area contributed by atoms with Crippen molar-refractivity contribution in [2.45, 2.75) is 32.2 Å². The average Bonchev–Trinajstić information content (AvgIpc) is 2.68. The van der Waals surface area contributed by atoms with Gasteiger partial charge < -0.3 is 10.0 Å². The molecule has 92 valence electrons. The van der Waals surface area contributed by atoms with Gasteiger partial charge in [0.25, 0.3) is 0 Å². The predicted octanol–water partition coefficient (Wildman–Crippen LogP) is 2.44. The van der Waals surface area contributed by atoms with E-state index in [4.69, 9.17) is 0 Å². The van der Waals surface area contributed by atoms with E-state index in [0.29, 0.717) is 13.0 Å². The van der Waals surface area contributed by atoms with Gasteiger partial charge in [-0.05, 0) is 30.5 Å². The van der Waals surface area contributed by atoms with Gasteiger partial charge in [-0.15, -0.1) is 0 Å². The fourth-order valence-electron chi connectivity index (χ4n) is 2.39. The molecule has 0 bridgehead atoms. The third-order valence-electron chi connectivity index (χ3n) is 3.20. The third kappa shape index (κ3) is 2.25. The Morgan fingerprint density at radius 3 is 3.00 bits per heavy atom. The molecule has 1 aliphatic heterocycles. The number of fused-ring (bicyclic) bond motifs is 1. The molecule has 3 nitrogen and oxygen atoms in total. The summed E-state index contributed by atoms with van der Waals surface area (Å²) >= 11 is 0. The highest BCUT2D eigenvalue weighted by Gasteiger charge is 2.30. The quantitative estimate of drug-likeness (QED) is 0.874. The second kappa shape index (κ2) is 4.73. The number of hydrogen-bond donors (Lipinski definition) is 1. The van der Waals surface area contributed by atoms with Crippen molar-refractivity contribution in [2.24, 2.45) is 0 Å². The molecule has 0 saturated heterocycles. The summed E-state index contributed by atoms with van der Waals surface area (Å²) in [5.41, 5.74) is 1.78. The Hall–Kier alpha value is -1.58. The lowest BCUT2D eigenvalue weighted by Crippen LogP contribution is -2.40. The van der Waals surface area contributed by atoms with Gasteiger partial charge in [0.2, 0.25) is 0 Å². The zero-order chi connectivity index (χ0) is 12.4. The molecule has 1 atom stereocenters. The van der Waals surface area contributed by atoms with Gasteiger partial charge >= 0.3 is 5.97 Å². The standard InChI is InChI=1S/C13H16FNO2/c1-2-3-11(13(16)17)15-7-6-9-4-5-10(14)8-12(9)15/h4-5,8,11H,2-3,6-7H2,1H3,(H,16,17). The zero-order valence-corrected chi connectivity index (χ0v) is 9.82. The Morgan fingerprint density at radius 1 is 1.59 bits per heavy atom. The molecule has 0 fully saturated rings. The highest BCUT2D eigenvalue weighted by Crippen LogP contribution is 2.31. The van der Waals surface area contributed by atoms with Crippen molar-refractivity contribution in [3.05, 3.63) is 29.6 Å². The molecule has 1 N–H and O–H groups in total. The number of benzene rings is 1. The molecule has 1 heterocycles. The molecule has 2 rings (SSSR count). The molecule has 1 aromatic carbocycles. The number of hydrogen-bond acceptors (Lipinski definition) is 2. The molecule has 1 aromatic rings. The van der Waals surface area contributed by atoms with E-state index in [1.807, 2.05) is 11.8 Å². The summed E-state index contributed by atoms with van der Waals surface area (Å²) in [6.45, 7) is 2.62. The van der Waals surface area contributed by atoms with Gasteiger partial charge in [0.15, 0.2) is 0 Å². The van der Waals surface area contributed by atoms with Crippen LogP contribution in [0.2, 0.25) is 0 Å². The molecule has 0 aromatic heterocycles. The van der Waals surface area contributed by atoms with Gasteiger partial charge in [-0.3, -0.25) is 0 Å². The van der Waals surface area contributed by atoms with Crippen LogP contribution >= 0.6 is 0 Å². The number of aliphatic carboxylic acids is 1. The van der Waals surface area contributed by atoms with Crippen LogP contribution in [0.25, 0.3) is 0 Å². The summed E-state index contributed by atoms with van der Waals surface area (Å²) in [4.78, 5) is 13.0. The van der Waals surface area contributed by atoms with Crippen molar-refractivity contribution in [3.63, 3.8) is 0 Å². The van der Waals surface area contributed by atoms with E-state index in [1.54, 1.807) is 6.07 Å². The number of carboxylic acid groups (broad SMARTS) is 1. The Balaban J connectivity index is 2.30. The summed E-state index contributed by atoms with van der Waals surface area (Å²) in [6.07, 6.45) is 2.19. The number of carboxylic acids is 1. The molecular weight excluding hydrogens is 221 g/mol. The third-order valence-corrected chi connectivity index (χ3v) is 3.20. The molecule has 1 unspecified atom stereocenters. The Labute approximate surface area is 99.9 Å². The minimum absolute atomic E-state index is 0.309. The normalized spacial score (nSPS) is 15.8. The summed E-state index contributed by atoms with van der Waals surface area (Å²) in [6, 6.07) is 4.07. The lowest BCUT2D eigenvalue weighted by Gasteiger charge is -2.26. The Bertz CT molecular complexity index is 433. The molecule has 1 aliphatic rings. The number of halogens is 1. The molecule has 0 amide bonds. The molecule has 0 aliphatic carbocycles. The lowest BCUT2D eigenvalue weighted by atomic mass is 10.1. The van der Waals surface area contributed by atoms with Crippen LogP contribution in [0.5, 0.6) is 0 Å². The van der Waals surface area contributed by atoms with E-state index in [2.05, 4.69) is 0 Å². The van der Waals surface area contributed by atoms with Crippen molar-refractivity contribution in [3.8, 4) is 0 Å². The van der Waals surface area contributed by atoms with E-state index in [1.165, 1.54) is 12.1 Å². The first kappa shape index (κ1) is 11.9. The fraction of sp³-hybridized carbons (Fsp3) is 0.462. The maximum absolute atomic E-state index is 13.2. The van der Waals surface area contributed by atoms with Crippen LogP contribution in [0.15, 0.2) is 18.2 Å². The lowest BCUT2D eigenvalue weighted by molar-refractivity contribution is -0.138. The fourth-order valence-corrected chi connectivity index (χ4v) is 2.39. The molecule has 4 heteroatoms. The minimum atomic E-state index is -0.830. The van der Waals surface area contributed by atoms with Crippen molar-refractivity contribution < 1.29 is 14.3 Å².